The van der Waals surface area contributed by atoms with E-state index in [1.807, 2.05) is 13.8 Å². The van der Waals surface area contributed by atoms with Gasteiger partial charge in [-0.3, -0.25) is 0 Å². The molecule has 0 aromatic heterocycles. The fourth-order valence-electron chi connectivity index (χ4n) is 1.32. The maximum atomic E-state index is 11.2. The van der Waals surface area contributed by atoms with Crippen LogP contribution in [0.15, 0.2) is 0 Å². The van der Waals surface area contributed by atoms with Crippen molar-refractivity contribution in [3.05, 3.63) is 0 Å². The van der Waals surface area contributed by atoms with Crippen LogP contribution >= 0.6 is 0 Å². The number of carbonyl (C=O) groups excluding carboxylic acids is 1. The summed E-state index contributed by atoms with van der Waals surface area (Å²) < 4.78 is 4.86. The lowest BCUT2D eigenvalue weighted by Gasteiger charge is -2.30. The van der Waals surface area contributed by atoms with Crippen molar-refractivity contribution < 1.29 is 9.53 Å². The Balaban J connectivity index is 2.51. The van der Waals surface area contributed by atoms with Crippen LogP contribution in [0.5, 0.6) is 0 Å². The summed E-state index contributed by atoms with van der Waals surface area (Å²) in [6.07, 6.45) is -0.291. The number of carbonyl (C=O) groups is 1. The minimum Gasteiger partial charge on any atom is -0.448 e. The second kappa shape index (κ2) is 4.13. The molecule has 1 atom stereocenters. The molecule has 13 heavy (non-hydrogen) atoms. The summed E-state index contributed by atoms with van der Waals surface area (Å²) >= 11 is 0. The normalized spacial score (nSPS) is 22.8. The minimum absolute atomic E-state index is 0.170. The van der Waals surface area contributed by atoms with Gasteiger partial charge in [0, 0.05) is 13.1 Å². The summed E-state index contributed by atoms with van der Waals surface area (Å²) in [6, 6.07) is 2.11. The zero-order chi connectivity index (χ0) is 9.84. The highest BCUT2D eigenvalue weighted by Crippen LogP contribution is 2.12. The maximum Gasteiger partial charge on any atom is 0.409 e. The van der Waals surface area contributed by atoms with Gasteiger partial charge in [-0.05, 0) is 5.92 Å². The van der Waals surface area contributed by atoms with Gasteiger partial charge in [0.1, 0.15) is 6.61 Å². The van der Waals surface area contributed by atoms with Crippen LogP contribution in [0.3, 0.4) is 0 Å². The van der Waals surface area contributed by atoms with E-state index in [1.165, 1.54) is 0 Å². The molecule has 0 aromatic carbocycles. The van der Waals surface area contributed by atoms with Crippen molar-refractivity contribution in [1.29, 1.82) is 5.26 Å². The molecule has 0 aromatic rings. The molecule has 0 spiro atoms. The van der Waals surface area contributed by atoms with Crippen LogP contribution in [0.2, 0.25) is 0 Å². The fraction of sp³-hybridized carbons (Fsp3) is 0.778. The predicted molar refractivity (Wildman–Crippen MR) is 46.9 cm³/mol. The Labute approximate surface area is 78.1 Å². The summed E-state index contributed by atoms with van der Waals surface area (Å²) in [4.78, 5) is 12.8. The SMILES string of the molecule is CC(C)CN1CC(C#N)COC1=O. The van der Waals surface area contributed by atoms with Crippen LogP contribution in [-0.4, -0.2) is 30.7 Å². The number of nitriles is 1. The highest BCUT2D eigenvalue weighted by Gasteiger charge is 2.26. The zero-order valence-electron chi connectivity index (χ0n) is 7.99. The van der Waals surface area contributed by atoms with Crippen molar-refractivity contribution in [2.24, 2.45) is 11.8 Å². The van der Waals surface area contributed by atoms with E-state index < -0.39 is 0 Å². The molecule has 1 aliphatic rings. The molecule has 72 valence electrons. The number of ether oxygens (including phenoxy) is 1. The molecule has 0 saturated carbocycles. The molecular weight excluding hydrogens is 168 g/mol. The largest absolute Gasteiger partial charge is 0.448 e. The summed E-state index contributed by atoms with van der Waals surface area (Å²) in [5.74, 6) is 0.237. The Morgan fingerprint density at radius 3 is 3.00 bits per heavy atom. The van der Waals surface area contributed by atoms with Crippen molar-refractivity contribution in [2.45, 2.75) is 13.8 Å². The molecular formula is C9H14N2O2. The zero-order valence-corrected chi connectivity index (χ0v) is 7.99. The van der Waals surface area contributed by atoms with Gasteiger partial charge in [0.25, 0.3) is 0 Å². The van der Waals surface area contributed by atoms with Crippen LogP contribution in [0.4, 0.5) is 4.79 Å². The molecule has 1 saturated heterocycles. The molecule has 1 fully saturated rings. The average molecular weight is 182 g/mol. The lowest BCUT2D eigenvalue weighted by molar-refractivity contribution is 0.0522. The molecule has 1 rings (SSSR count). The minimum atomic E-state index is -0.291. The highest BCUT2D eigenvalue weighted by molar-refractivity contribution is 5.68. The third-order valence-electron chi connectivity index (χ3n) is 1.88. The van der Waals surface area contributed by atoms with Gasteiger partial charge in [-0.15, -0.1) is 0 Å². The predicted octanol–water partition coefficient (Wildman–Crippen LogP) is 1.23. The molecule has 0 radical (unpaired) electrons. The van der Waals surface area contributed by atoms with Gasteiger partial charge in [-0.25, -0.2) is 4.79 Å². The Morgan fingerprint density at radius 1 is 1.77 bits per heavy atom. The van der Waals surface area contributed by atoms with E-state index in [1.54, 1.807) is 4.90 Å². The second-order valence-electron chi connectivity index (χ2n) is 3.70. The fourth-order valence-corrected chi connectivity index (χ4v) is 1.32. The third kappa shape index (κ3) is 2.62. The number of cyclic esters (lactones) is 1. The highest BCUT2D eigenvalue weighted by atomic mass is 16.6. The van der Waals surface area contributed by atoms with Crippen molar-refractivity contribution in [2.75, 3.05) is 19.7 Å². The van der Waals surface area contributed by atoms with Crippen molar-refractivity contribution in [3.63, 3.8) is 0 Å². The smallest absolute Gasteiger partial charge is 0.409 e. The number of nitrogens with zero attached hydrogens (tertiary/aromatic N) is 2. The van der Waals surface area contributed by atoms with Crippen LogP contribution in [-0.2, 0) is 4.74 Å². The van der Waals surface area contributed by atoms with E-state index in [-0.39, 0.29) is 18.6 Å². The monoisotopic (exact) mass is 182 g/mol. The van der Waals surface area contributed by atoms with E-state index >= 15 is 0 Å². The molecule has 4 nitrogen and oxygen atoms in total. The molecule has 4 heteroatoms. The third-order valence-corrected chi connectivity index (χ3v) is 1.88. The Morgan fingerprint density at radius 2 is 2.46 bits per heavy atom. The maximum absolute atomic E-state index is 11.2. The average Bonchev–Trinajstić information content (AvgIpc) is 2.08. The lowest BCUT2D eigenvalue weighted by Crippen LogP contribution is -2.44. The Kier molecular flexibility index (Phi) is 3.13. The summed E-state index contributed by atoms with van der Waals surface area (Å²) in [6.45, 7) is 5.47. The van der Waals surface area contributed by atoms with Gasteiger partial charge in [-0.1, -0.05) is 13.8 Å². The van der Waals surface area contributed by atoms with Gasteiger partial charge in [-0.2, -0.15) is 5.26 Å². The molecule has 1 amide bonds. The number of hydrogen-bond acceptors (Lipinski definition) is 3. The summed E-state index contributed by atoms with van der Waals surface area (Å²) in [7, 11) is 0. The van der Waals surface area contributed by atoms with E-state index in [0.29, 0.717) is 19.0 Å². The number of amides is 1. The van der Waals surface area contributed by atoms with Gasteiger partial charge < -0.3 is 9.64 Å². The van der Waals surface area contributed by atoms with Gasteiger partial charge >= 0.3 is 6.09 Å². The lowest BCUT2D eigenvalue weighted by atomic mass is 10.1. The second-order valence-corrected chi connectivity index (χ2v) is 3.70. The Bertz CT molecular complexity index is 232. The van der Waals surface area contributed by atoms with Gasteiger partial charge in [0.05, 0.1) is 12.0 Å². The van der Waals surface area contributed by atoms with Crippen LogP contribution < -0.4 is 0 Å². The molecule has 1 heterocycles. The molecule has 0 bridgehead atoms. The number of rotatable bonds is 2. The van der Waals surface area contributed by atoms with Gasteiger partial charge in [0.2, 0.25) is 0 Å². The van der Waals surface area contributed by atoms with E-state index in [9.17, 15) is 4.79 Å². The standard InChI is InChI=1S/C9H14N2O2/c1-7(2)4-11-5-8(3-10)6-13-9(11)12/h7-8H,4-6H2,1-2H3. The van der Waals surface area contributed by atoms with Crippen molar-refractivity contribution in [3.8, 4) is 6.07 Å². The molecule has 0 N–H and O–H groups in total. The van der Waals surface area contributed by atoms with Crippen molar-refractivity contribution >= 4 is 6.09 Å². The molecule has 1 aliphatic heterocycles. The Hall–Kier alpha value is -1.24. The molecule has 0 aliphatic carbocycles. The summed E-state index contributed by atoms with van der Waals surface area (Å²) in [5, 5.41) is 8.66. The van der Waals surface area contributed by atoms with Crippen LogP contribution in [0.1, 0.15) is 13.8 Å². The number of hydrogen-bond donors (Lipinski definition) is 0. The van der Waals surface area contributed by atoms with E-state index in [4.69, 9.17) is 10.00 Å². The quantitative estimate of drug-likeness (QED) is 0.645. The first-order valence-electron chi connectivity index (χ1n) is 4.44. The van der Waals surface area contributed by atoms with Gasteiger partial charge in [0.15, 0.2) is 0 Å². The van der Waals surface area contributed by atoms with Crippen LogP contribution in [0, 0.1) is 23.2 Å². The molecule has 1 unspecified atom stereocenters. The summed E-state index contributed by atoms with van der Waals surface area (Å²) in [5.41, 5.74) is 0. The van der Waals surface area contributed by atoms with E-state index in [2.05, 4.69) is 6.07 Å². The first-order chi connectivity index (χ1) is 6.13. The first-order valence-corrected chi connectivity index (χ1v) is 4.44. The van der Waals surface area contributed by atoms with Crippen LogP contribution in [0.25, 0.3) is 0 Å². The van der Waals surface area contributed by atoms with Crippen molar-refractivity contribution in [1.82, 2.24) is 4.90 Å². The van der Waals surface area contributed by atoms with E-state index in [0.717, 1.165) is 0 Å². The first kappa shape index (κ1) is 9.85. The topological polar surface area (TPSA) is 53.3 Å².